The number of nitrogens with zero attached hydrogens (tertiary/aromatic N) is 3. The average Bonchev–Trinajstić information content (AvgIpc) is 2.85. The fraction of sp³-hybridized carbons (Fsp3) is 0.294. The molecule has 0 bridgehead atoms. The molecule has 2 N–H and O–H groups in total. The minimum absolute atomic E-state index is 0.540. The van der Waals surface area contributed by atoms with Crippen molar-refractivity contribution in [3.63, 3.8) is 0 Å². The van der Waals surface area contributed by atoms with Crippen molar-refractivity contribution in [1.29, 1.82) is 0 Å². The summed E-state index contributed by atoms with van der Waals surface area (Å²) in [5, 5.41) is 0. The maximum Gasteiger partial charge on any atom is 0.142 e. The highest BCUT2D eigenvalue weighted by atomic mass is 15.1. The molecule has 3 aromatic rings. The van der Waals surface area contributed by atoms with Crippen molar-refractivity contribution in [2.75, 3.05) is 0 Å². The molecule has 0 amide bonds. The van der Waals surface area contributed by atoms with E-state index in [4.69, 9.17) is 10.7 Å². The van der Waals surface area contributed by atoms with Crippen LogP contribution in [0.3, 0.4) is 0 Å². The molecule has 4 nitrogen and oxygen atoms in total. The number of aryl methyl sites for hydroxylation is 2. The van der Waals surface area contributed by atoms with Crippen LogP contribution in [0, 0.1) is 6.92 Å². The van der Waals surface area contributed by atoms with Crippen LogP contribution in [0.1, 0.15) is 24.5 Å². The summed E-state index contributed by atoms with van der Waals surface area (Å²) in [5.74, 6) is 0.984. The number of hydrogen-bond donors (Lipinski definition) is 1. The van der Waals surface area contributed by atoms with Crippen LogP contribution >= 0.6 is 0 Å². The van der Waals surface area contributed by atoms with E-state index in [2.05, 4.69) is 47.7 Å². The maximum absolute atomic E-state index is 5.73. The Morgan fingerprint density at radius 3 is 2.76 bits per heavy atom. The molecule has 1 aromatic carbocycles. The van der Waals surface area contributed by atoms with E-state index in [1.807, 2.05) is 12.4 Å². The highest BCUT2D eigenvalue weighted by molar-refractivity contribution is 5.81. The molecule has 0 saturated carbocycles. The topological polar surface area (TPSA) is 56.7 Å². The van der Waals surface area contributed by atoms with Crippen molar-refractivity contribution >= 4 is 11.0 Å². The average molecular weight is 280 g/mol. The summed E-state index contributed by atoms with van der Waals surface area (Å²) in [7, 11) is 0. The number of nitrogens with two attached hydrogens (primary N) is 1. The van der Waals surface area contributed by atoms with Crippen LogP contribution in [0.25, 0.3) is 22.4 Å². The number of rotatable bonds is 4. The molecule has 0 aliphatic rings. The van der Waals surface area contributed by atoms with Gasteiger partial charge in [0.05, 0.1) is 11.0 Å². The number of imidazole rings is 1. The number of pyridine rings is 1. The lowest BCUT2D eigenvalue weighted by Crippen LogP contribution is -2.00. The Hall–Kier alpha value is -2.20. The Morgan fingerprint density at radius 1 is 1.19 bits per heavy atom. The Kier molecular flexibility index (Phi) is 3.71. The highest BCUT2D eigenvalue weighted by Crippen LogP contribution is 2.26. The monoisotopic (exact) mass is 280 g/mol. The van der Waals surface area contributed by atoms with E-state index >= 15 is 0 Å². The summed E-state index contributed by atoms with van der Waals surface area (Å²) < 4.78 is 2.27. The quantitative estimate of drug-likeness (QED) is 0.798. The number of aromatic nitrogens is 3. The molecule has 0 fully saturated rings. The van der Waals surface area contributed by atoms with Gasteiger partial charge in [0.15, 0.2) is 0 Å². The van der Waals surface area contributed by atoms with Crippen molar-refractivity contribution < 1.29 is 0 Å². The molecule has 2 aromatic heterocycles. The molecule has 0 unspecified atom stereocenters. The van der Waals surface area contributed by atoms with Gasteiger partial charge in [-0.05, 0) is 42.7 Å². The minimum atomic E-state index is 0.540. The van der Waals surface area contributed by atoms with E-state index < -0.39 is 0 Å². The first-order valence-corrected chi connectivity index (χ1v) is 7.34. The van der Waals surface area contributed by atoms with Crippen LogP contribution in [0.15, 0.2) is 36.7 Å². The van der Waals surface area contributed by atoms with E-state index in [0.29, 0.717) is 6.54 Å². The van der Waals surface area contributed by atoms with E-state index in [0.717, 1.165) is 46.5 Å². The zero-order valence-corrected chi connectivity index (χ0v) is 12.5. The van der Waals surface area contributed by atoms with Crippen LogP contribution in [-0.2, 0) is 13.1 Å². The Bertz CT molecular complexity index is 774. The molecular weight excluding hydrogens is 260 g/mol. The molecule has 2 heterocycles. The van der Waals surface area contributed by atoms with E-state index in [1.165, 1.54) is 0 Å². The van der Waals surface area contributed by atoms with Crippen molar-refractivity contribution in [2.24, 2.45) is 5.73 Å². The third kappa shape index (κ3) is 2.54. The first-order chi connectivity index (χ1) is 10.2. The summed E-state index contributed by atoms with van der Waals surface area (Å²) >= 11 is 0. The van der Waals surface area contributed by atoms with Gasteiger partial charge >= 0.3 is 0 Å². The van der Waals surface area contributed by atoms with Gasteiger partial charge in [-0.2, -0.15) is 0 Å². The van der Waals surface area contributed by atoms with Crippen LogP contribution in [0.5, 0.6) is 0 Å². The molecule has 3 rings (SSSR count). The summed E-state index contributed by atoms with van der Waals surface area (Å²) in [6.07, 6.45) is 4.81. The standard InChI is InChI=1S/C17H20N4/c1-3-6-21-16-5-4-13(9-18)8-15(16)20-17(21)14-7-12(2)10-19-11-14/h4-5,7-8,10-11H,3,6,9,18H2,1-2H3. The Balaban J connectivity index is 2.23. The van der Waals surface area contributed by atoms with Crippen molar-refractivity contribution in [3.05, 3.63) is 47.8 Å². The molecule has 0 aliphatic heterocycles. The van der Waals surface area contributed by atoms with Gasteiger partial charge in [-0.25, -0.2) is 4.98 Å². The molecule has 0 spiro atoms. The van der Waals surface area contributed by atoms with Gasteiger partial charge in [-0.3, -0.25) is 4.98 Å². The fourth-order valence-corrected chi connectivity index (χ4v) is 2.65. The SMILES string of the molecule is CCCn1c(-c2cncc(C)c2)nc2cc(CN)ccc21. The number of benzene rings is 1. The molecular formula is C17H20N4. The molecule has 0 radical (unpaired) electrons. The first kappa shape index (κ1) is 13.8. The van der Waals surface area contributed by atoms with Gasteiger partial charge < -0.3 is 10.3 Å². The smallest absolute Gasteiger partial charge is 0.142 e. The highest BCUT2D eigenvalue weighted by Gasteiger charge is 2.12. The lowest BCUT2D eigenvalue weighted by molar-refractivity contribution is 0.704. The molecule has 0 aliphatic carbocycles. The van der Waals surface area contributed by atoms with Gasteiger partial charge in [0, 0.05) is 31.0 Å². The molecule has 108 valence electrons. The van der Waals surface area contributed by atoms with E-state index in [9.17, 15) is 0 Å². The minimum Gasteiger partial charge on any atom is -0.326 e. The van der Waals surface area contributed by atoms with Crippen molar-refractivity contribution in [3.8, 4) is 11.4 Å². The van der Waals surface area contributed by atoms with E-state index in [-0.39, 0.29) is 0 Å². The maximum atomic E-state index is 5.73. The second kappa shape index (κ2) is 5.66. The predicted molar refractivity (Wildman–Crippen MR) is 85.9 cm³/mol. The lowest BCUT2D eigenvalue weighted by atomic mass is 10.2. The number of fused-ring (bicyclic) bond motifs is 1. The Morgan fingerprint density at radius 2 is 2.05 bits per heavy atom. The third-order valence-electron chi connectivity index (χ3n) is 3.63. The molecule has 0 atom stereocenters. The molecule has 4 heteroatoms. The third-order valence-corrected chi connectivity index (χ3v) is 3.63. The van der Waals surface area contributed by atoms with Gasteiger partial charge in [-0.15, -0.1) is 0 Å². The lowest BCUT2D eigenvalue weighted by Gasteiger charge is -2.08. The normalized spacial score (nSPS) is 11.2. The zero-order valence-electron chi connectivity index (χ0n) is 12.5. The first-order valence-electron chi connectivity index (χ1n) is 7.34. The zero-order chi connectivity index (χ0) is 14.8. The van der Waals surface area contributed by atoms with Gasteiger partial charge in [0.2, 0.25) is 0 Å². The van der Waals surface area contributed by atoms with Crippen LogP contribution in [-0.4, -0.2) is 14.5 Å². The summed E-state index contributed by atoms with van der Waals surface area (Å²) in [4.78, 5) is 9.11. The predicted octanol–water partition coefficient (Wildman–Crippen LogP) is 3.28. The second-order valence-electron chi connectivity index (χ2n) is 5.37. The number of hydrogen-bond acceptors (Lipinski definition) is 3. The van der Waals surface area contributed by atoms with Gasteiger partial charge in [0.1, 0.15) is 5.82 Å². The van der Waals surface area contributed by atoms with Crippen molar-refractivity contribution in [1.82, 2.24) is 14.5 Å². The van der Waals surface area contributed by atoms with Crippen molar-refractivity contribution in [2.45, 2.75) is 33.4 Å². The fourth-order valence-electron chi connectivity index (χ4n) is 2.65. The van der Waals surface area contributed by atoms with E-state index in [1.54, 1.807) is 0 Å². The summed E-state index contributed by atoms with van der Waals surface area (Å²) in [6.45, 7) is 5.72. The summed E-state index contributed by atoms with van der Waals surface area (Å²) in [6, 6.07) is 8.40. The van der Waals surface area contributed by atoms with Crippen LogP contribution in [0.2, 0.25) is 0 Å². The largest absolute Gasteiger partial charge is 0.326 e. The van der Waals surface area contributed by atoms with Gasteiger partial charge in [0.25, 0.3) is 0 Å². The Labute approximate surface area is 124 Å². The second-order valence-corrected chi connectivity index (χ2v) is 5.37. The van der Waals surface area contributed by atoms with Crippen LogP contribution in [0.4, 0.5) is 0 Å². The molecule has 0 saturated heterocycles. The molecule has 21 heavy (non-hydrogen) atoms. The van der Waals surface area contributed by atoms with Crippen LogP contribution < -0.4 is 5.73 Å². The van der Waals surface area contributed by atoms with Gasteiger partial charge in [-0.1, -0.05) is 13.0 Å². The summed E-state index contributed by atoms with van der Waals surface area (Å²) in [5.41, 5.74) is 11.2.